The minimum Gasteiger partial charge on any atom is -0.383 e. The topological polar surface area (TPSA) is 70.7 Å². The van der Waals surface area contributed by atoms with Crippen LogP contribution in [-0.2, 0) is 14.3 Å². The SMILES string of the molecule is COCCNC(=O)CCNCC(=O)N1CCCCC1. The van der Waals surface area contributed by atoms with Crippen molar-refractivity contribution < 1.29 is 14.3 Å². The number of likely N-dealkylation sites (tertiary alicyclic amines) is 1. The first-order chi connectivity index (χ1) is 9.24. The van der Waals surface area contributed by atoms with Gasteiger partial charge in [0.15, 0.2) is 0 Å². The monoisotopic (exact) mass is 271 g/mol. The summed E-state index contributed by atoms with van der Waals surface area (Å²) in [6, 6.07) is 0. The Labute approximate surface area is 114 Å². The number of hydrogen-bond acceptors (Lipinski definition) is 4. The number of nitrogens with zero attached hydrogens (tertiary/aromatic N) is 1. The highest BCUT2D eigenvalue weighted by Crippen LogP contribution is 2.07. The average molecular weight is 271 g/mol. The van der Waals surface area contributed by atoms with E-state index >= 15 is 0 Å². The van der Waals surface area contributed by atoms with Crippen LogP contribution in [0.15, 0.2) is 0 Å². The van der Waals surface area contributed by atoms with Gasteiger partial charge in [0.1, 0.15) is 0 Å². The molecule has 0 aliphatic carbocycles. The molecule has 0 radical (unpaired) electrons. The van der Waals surface area contributed by atoms with Gasteiger partial charge in [0, 0.05) is 39.7 Å². The molecule has 0 atom stereocenters. The number of ether oxygens (including phenoxy) is 1. The summed E-state index contributed by atoms with van der Waals surface area (Å²) in [4.78, 5) is 25.1. The molecule has 1 saturated heterocycles. The van der Waals surface area contributed by atoms with Gasteiger partial charge in [-0.2, -0.15) is 0 Å². The van der Waals surface area contributed by atoms with E-state index in [9.17, 15) is 9.59 Å². The molecule has 0 unspecified atom stereocenters. The fourth-order valence-corrected chi connectivity index (χ4v) is 2.03. The Kier molecular flexibility index (Phi) is 8.16. The predicted molar refractivity (Wildman–Crippen MR) is 72.8 cm³/mol. The van der Waals surface area contributed by atoms with Gasteiger partial charge in [-0.3, -0.25) is 9.59 Å². The molecule has 0 spiro atoms. The molecule has 1 aliphatic heterocycles. The van der Waals surface area contributed by atoms with Crippen LogP contribution in [0.2, 0.25) is 0 Å². The minimum absolute atomic E-state index is 0.0185. The van der Waals surface area contributed by atoms with E-state index in [2.05, 4.69) is 10.6 Å². The number of nitrogens with one attached hydrogen (secondary N) is 2. The first kappa shape index (κ1) is 15.9. The van der Waals surface area contributed by atoms with Crippen molar-refractivity contribution >= 4 is 11.8 Å². The maximum Gasteiger partial charge on any atom is 0.236 e. The lowest BCUT2D eigenvalue weighted by Crippen LogP contribution is -2.41. The summed E-state index contributed by atoms with van der Waals surface area (Å²) < 4.78 is 4.84. The molecule has 1 heterocycles. The minimum atomic E-state index is -0.0185. The molecule has 1 aliphatic rings. The average Bonchev–Trinajstić information content (AvgIpc) is 2.44. The summed E-state index contributed by atoms with van der Waals surface area (Å²) in [5.74, 6) is 0.120. The molecule has 0 bridgehead atoms. The highest BCUT2D eigenvalue weighted by atomic mass is 16.5. The van der Waals surface area contributed by atoms with Crippen LogP contribution in [0.3, 0.4) is 0 Å². The Bertz CT molecular complexity index is 278. The Morgan fingerprint density at radius 2 is 1.89 bits per heavy atom. The van der Waals surface area contributed by atoms with Crippen LogP contribution in [0.1, 0.15) is 25.7 Å². The van der Waals surface area contributed by atoms with Gasteiger partial charge in [0.05, 0.1) is 13.2 Å². The van der Waals surface area contributed by atoms with Gasteiger partial charge >= 0.3 is 0 Å². The first-order valence-electron chi connectivity index (χ1n) is 6.98. The molecule has 6 nitrogen and oxygen atoms in total. The zero-order valence-corrected chi connectivity index (χ0v) is 11.7. The fourth-order valence-electron chi connectivity index (χ4n) is 2.03. The van der Waals surface area contributed by atoms with E-state index in [-0.39, 0.29) is 11.8 Å². The first-order valence-corrected chi connectivity index (χ1v) is 6.98. The zero-order valence-electron chi connectivity index (χ0n) is 11.7. The van der Waals surface area contributed by atoms with Crippen LogP contribution in [0.4, 0.5) is 0 Å². The molecule has 0 aromatic carbocycles. The summed E-state index contributed by atoms with van der Waals surface area (Å²) in [5, 5.41) is 5.76. The highest BCUT2D eigenvalue weighted by Gasteiger charge is 2.15. The Hall–Kier alpha value is -1.14. The third-order valence-electron chi connectivity index (χ3n) is 3.14. The molecule has 0 aromatic heterocycles. The lowest BCUT2D eigenvalue weighted by atomic mass is 10.1. The van der Waals surface area contributed by atoms with Crippen LogP contribution in [0.25, 0.3) is 0 Å². The van der Waals surface area contributed by atoms with E-state index in [1.54, 1.807) is 7.11 Å². The Morgan fingerprint density at radius 1 is 1.16 bits per heavy atom. The van der Waals surface area contributed by atoms with Crippen LogP contribution in [0, 0.1) is 0 Å². The lowest BCUT2D eigenvalue weighted by molar-refractivity contribution is -0.131. The van der Waals surface area contributed by atoms with Crippen LogP contribution in [-0.4, -0.2) is 63.2 Å². The fraction of sp³-hybridized carbons (Fsp3) is 0.846. The molecule has 19 heavy (non-hydrogen) atoms. The number of piperidine rings is 1. The largest absolute Gasteiger partial charge is 0.383 e. The van der Waals surface area contributed by atoms with Crippen molar-refractivity contribution in [1.29, 1.82) is 0 Å². The maximum absolute atomic E-state index is 11.8. The molecule has 2 amide bonds. The number of carbonyl (C=O) groups excluding carboxylic acids is 2. The van der Waals surface area contributed by atoms with E-state index < -0.39 is 0 Å². The van der Waals surface area contributed by atoms with Gasteiger partial charge in [0.2, 0.25) is 11.8 Å². The normalized spacial score (nSPS) is 15.3. The molecule has 1 rings (SSSR count). The second-order valence-corrected chi connectivity index (χ2v) is 4.71. The summed E-state index contributed by atoms with van der Waals surface area (Å²) in [5.41, 5.74) is 0. The van der Waals surface area contributed by atoms with Crippen molar-refractivity contribution in [3.8, 4) is 0 Å². The molecule has 0 aromatic rings. The van der Waals surface area contributed by atoms with E-state index in [4.69, 9.17) is 4.74 Å². The van der Waals surface area contributed by atoms with Crippen molar-refractivity contribution in [2.75, 3.05) is 46.4 Å². The van der Waals surface area contributed by atoms with Gasteiger partial charge in [0.25, 0.3) is 0 Å². The van der Waals surface area contributed by atoms with Gasteiger partial charge < -0.3 is 20.3 Å². The van der Waals surface area contributed by atoms with Crippen molar-refractivity contribution in [3.63, 3.8) is 0 Å². The van der Waals surface area contributed by atoms with Gasteiger partial charge in [-0.1, -0.05) is 0 Å². The van der Waals surface area contributed by atoms with Crippen LogP contribution < -0.4 is 10.6 Å². The van der Waals surface area contributed by atoms with Crippen molar-refractivity contribution in [2.24, 2.45) is 0 Å². The third kappa shape index (κ3) is 7.12. The van der Waals surface area contributed by atoms with E-state index in [0.717, 1.165) is 25.9 Å². The summed E-state index contributed by atoms with van der Waals surface area (Å²) in [6.45, 7) is 3.65. The van der Waals surface area contributed by atoms with Gasteiger partial charge in [-0.15, -0.1) is 0 Å². The van der Waals surface area contributed by atoms with E-state index in [1.165, 1.54) is 6.42 Å². The van der Waals surface area contributed by atoms with Crippen molar-refractivity contribution in [3.05, 3.63) is 0 Å². The summed E-state index contributed by atoms with van der Waals surface area (Å²) in [7, 11) is 1.60. The molecule has 6 heteroatoms. The Morgan fingerprint density at radius 3 is 2.58 bits per heavy atom. The number of carbonyl (C=O) groups is 2. The molecule has 0 saturated carbocycles. The van der Waals surface area contributed by atoms with Gasteiger partial charge in [-0.25, -0.2) is 0 Å². The third-order valence-corrected chi connectivity index (χ3v) is 3.14. The lowest BCUT2D eigenvalue weighted by Gasteiger charge is -2.26. The predicted octanol–water partition coefficient (Wildman–Crippen LogP) is -0.259. The second kappa shape index (κ2) is 9.75. The number of methoxy groups -OCH3 is 1. The second-order valence-electron chi connectivity index (χ2n) is 4.71. The van der Waals surface area contributed by atoms with Crippen molar-refractivity contribution in [1.82, 2.24) is 15.5 Å². The van der Waals surface area contributed by atoms with E-state index in [1.807, 2.05) is 4.90 Å². The number of hydrogen-bond donors (Lipinski definition) is 2. The molecular formula is C13H25N3O3. The van der Waals surface area contributed by atoms with E-state index in [0.29, 0.717) is 32.7 Å². The maximum atomic E-state index is 11.8. The van der Waals surface area contributed by atoms with Crippen molar-refractivity contribution in [2.45, 2.75) is 25.7 Å². The summed E-state index contributed by atoms with van der Waals surface area (Å²) in [6.07, 6.45) is 3.82. The molecule has 2 N–H and O–H groups in total. The Balaban J connectivity index is 2.00. The van der Waals surface area contributed by atoms with Gasteiger partial charge in [-0.05, 0) is 19.3 Å². The molecule has 110 valence electrons. The van der Waals surface area contributed by atoms with Crippen LogP contribution in [0.5, 0.6) is 0 Å². The smallest absolute Gasteiger partial charge is 0.236 e. The summed E-state index contributed by atoms with van der Waals surface area (Å²) >= 11 is 0. The molecule has 1 fully saturated rings. The zero-order chi connectivity index (χ0) is 13.9. The molecular weight excluding hydrogens is 246 g/mol. The quantitative estimate of drug-likeness (QED) is 0.597. The number of rotatable bonds is 8. The standard InChI is InChI=1S/C13H25N3O3/c1-19-10-7-15-12(17)5-6-14-11-13(18)16-8-3-2-4-9-16/h14H,2-11H2,1H3,(H,15,17). The van der Waals surface area contributed by atoms with Crippen LogP contribution >= 0.6 is 0 Å². The number of amides is 2. The highest BCUT2D eigenvalue weighted by molar-refractivity contribution is 5.78.